The van der Waals surface area contributed by atoms with Crippen LogP contribution in [0.2, 0.25) is 0 Å². The van der Waals surface area contributed by atoms with Crippen molar-refractivity contribution in [2.24, 2.45) is 0 Å². The van der Waals surface area contributed by atoms with Crippen molar-refractivity contribution in [1.29, 1.82) is 5.26 Å². The number of anilines is 3. The Morgan fingerprint density at radius 2 is 1.59 bits per heavy atom. The number of nitriles is 1. The van der Waals surface area contributed by atoms with Crippen molar-refractivity contribution < 1.29 is 24.6 Å². The lowest BCUT2D eigenvalue weighted by Gasteiger charge is -2.20. The smallest absolute Gasteiger partial charge is 0.323 e. The van der Waals surface area contributed by atoms with Crippen LogP contribution in [-0.4, -0.2) is 57.7 Å². The van der Waals surface area contributed by atoms with Crippen LogP contribution < -0.4 is 15.5 Å². The molecule has 3 aromatic rings. The fourth-order valence-corrected chi connectivity index (χ4v) is 3.04. The van der Waals surface area contributed by atoms with E-state index >= 15 is 0 Å². The van der Waals surface area contributed by atoms with E-state index in [2.05, 4.69) is 20.6 Å². The highest BCUT2D eigenvalue weighted by molar-refractivity contribution is 5.94. The van der Waals surface area contributed by atoms with Gasteiger partial charge in [0.25, 0.3) is 5.91 Å². The molecule has 1 amide bonds. The Labute approximate surface area is 194 Å². The molecule has 0 bridgehead atoms. The lowest BCUT2D eigenvalue weighted by molar-refractivity contribution is -0.136. The van der Waals surface area contributed by atoms with Crippen LogP contribution in [0.1, 0.15) is 10.4 Å². The molecule has 11 heteroatoms. The number of nitrogens with one attached hydrogen (secondary N) is 2. The molecule has 0 aliphatic heterocycles. The van der Waals surface area contributed by atoms with Gasteiger partial charge in [-0.2, -0.15) is 5.26 Å². The fourth-order valence-electron chi connectivity index (χ4n) is 3.04. The van der Waals surface area contributed by atoms with Crippen LogP contribution in [0.3, 0.4) is 0 Å². The molecule has 3 rings (SSSR count). The Kier molecular flexibility index (Phi) is 7.70. The third kappa shape index (κ3) is 6.51. The van der Waals surface area contributed by atoms with Gasteiger partial charge < -0.3 is 25.7 Å². The Morgan fingerprint density at radius 1 is 0.941 bits per heavy atom. The highest BCUT2D eigenvalue weighted by atomic mass is 16.4. The van der Waals surface area contributed by atoms with Gasteiger partial charge in [0, 0.05) is 28.7 Å². The van der Waals surface area contributed by atoms with Crippen molar-refractivity contribution in [2.45, 2.75) is 0 Å². The van der Waals surface area contributed by atoms with Gasteiger partial charge in [-0.3, -0.25) is 14.4 Å². The number of amides is 1. The third-order valence-electron chi connectivity index (χ3n) is 4.57. The molecule has 34 heavy (non-hydrogen) atoms. The van der Waals surface area contributed by atoms with Crippen LogP contribution in [0, 0.1) is 11.3 Å². The standard InChI is InChI=1S/C23H20N6O5/c24-10-12-25-22(34)16-3-1-15(2-4-16)19-9-11-26-23(28-19)27-17-5-7-18(8-6-17)29(13-20(30)31)14-21(32)33/h1-9,11H,12-14H2,(H,25,34)(H,30,31)(H,32,33)(H,26,27,28). The third-order valence-corrected chi connectivity index (χ3v) is 4.57. The molecule has 0 spiro atoms. The SMILES string of the molecule is N#CCNC(=O)c1ccc(-c2ccnc(Nc3ccc(N(CC(=O)O)CC(=O)O)cc3)n2)cc1. The molecule has 0 aliphatic rings. The molecule has 0 aliphatic carbocycles. The van der Waals surface area contributed by atoms with Crippen molar-refractivity contribution in [2.75, 3.05) is 29.9 Å². The van der Waals surface area contributed by atoms with E-state index in [1.54, 1.807) is 60.8 Å². The number of hydrogen-bond donors (Lipinski definition) is 4. The number of nitrogens with zero attached hydrogens (tertiary/aromatic N) is 4. The van der Waals surface area contributed by atoms with E-state index in [0.717, 1.165) is 5.56 Å². The van der Waals surface area contributed by atoms with Gasteiger partial charge in [-0.1, -0.05) is 12.1 Å². The van der Waals surface area contributed by atoms with Crippen LogP contribution in [-0.2, 0) is 9.59 Å². The van der Waals surface area contributed by atoms with Crippen molar-refractivity contribution in [3.05, 3.63) is 66.4 Å². The zero-order chi connectivity index (χ0) is 24.5. The summed E-state index contributed by atoms with van der Waals surface area (Å²) in [6.45, 7) is -0.953. The average Bonchev–Trinajstić information content (AvgIpc) is 2.82. The number of carboxylic acid groups (broad SMARTS) is 2. The number of carbonyl (C=O) groups excluding carboxylic acids is 1. The predicted octanol–water partition coefficient (Wildman–Crippen LogP) is 2.12. The minimum absolute atomic E-state index is 0.0698. The highest BCUT2D eigenvalue weighted by Crippen LogP contribution is 2.22. The molecule has 0 atom stereocenters. The summed E-state index contributed by atoms with van der Waals surface area (Å²) in [5.74, 6) is -2.30. The molecule has 172 valence electrons. The van der Waals surface area contributed by atoms with Gasteiger partial charge in [0.1, 0.15) is 19.6 Å². The molecule has 0 saturated carbocycles. The van der Waals surface area contributed by atoms with Crippen molar-refractivity contribution >= 4 is 35.2 Å². The molecule has 0 fully saturated rings. The minimum atomic E-state index is -1.13. The second-order valence-electron chi connectivity index (χ2n) is 7.00. The molecule has 1 aromatic heterocycles. The van der Waals surface area contributed by atoms with E-state index < -0.39 is 25.0 Å². The van der Waals surface area contributed by atoms with E-state index in [0.29, 0.717) is 28.6 Å². The number of rotatable bonds is 10. The zero-order valence-electron chi connectivity index (χ0n) is 17.8. The molecule has 0 unspecified atom stereocenters. The summed E-state index contributed by atoms with van der Waals surface area (Å²) in [7, 11) is 0. The van der Waals surface area contributed by atoms with Gasteiger partial charge in [-0.25, -0.2) is 9.97 Å². The number of hydrogen-bond acceptors (Lipinski definition) is 8. The molecule has 4 N–H and O–H groups in total. The monoisotopic (exact) mass is 460 g/mol. The number of carbonyl (C=O) groups is 3. The predicted molar refractivity (Wildman–Crippen MR) is 123 cm³/mol. The summed E-state index contributed by atoms with van der Waals surface area (Å²) < 4.78 is 0. The molecule has 11 nitrogen and oxygen atoms in total. The lowest BCUT2D eigenvalue weighted by Crippen LogP contribution is -2.34. The fraction of sp³-hybridized carbons (Fsp3) is 0.130. The van der Waals surface area contributed by atoms with Gasteiger partial charge in [0.15, 0.2) is 0 Å². The van der Waals surface area contributed by atoms with E-state index in [1.807, 2.05) is 6.07 Å². The van der Waals surface area contributed by atoms with Crippen LogP contribution in [0.15, 0.2) is 60.8 Å². The van der Waals surface area contributed by atoms with Crippen molar-refractivity contribution in [3.63, 3.8) is 0 Å². The van der Waals surface area contributed by atoms with E-state index in [9.17, 15) is 14.4 Å². The first-order valence-corrected chi connectivity index (χ1v) is 10.00. The number of carboxylic acids is 2. The van der Waals surface area contributed by atoms with Crippen molar-refractivity contribution in [1.82, 2.24) is 15.3 Å². The van der Waals surface area contributed by atoms with Crippen molar-refractivity contribution in [3.8, 4) is 17.3 Å². The van der Waals surface area contributed by atoms with E-state index in [4.69, 9.17) is 15.5 Å². The second-order valence-corrected chi connectivity index (χ2v) is 7.00. The Balaban J connectivity index is 1.72. The molecule has 0 radical (unpaired) electrons. The van der Waals surface area contributed by atoms with Gasteiger partial charge >= 0.3 is 11.9 Å². The zero-order valence-corrected chi connectivity index (χ0v) is 17.8. The molecular weight excluding hydrogens is 440 g/mol. The van der Waals surface area contributed by atoms with Crippen LogP contribution in [0.4, 0.5) is 17.3 Å². The number of aromatic nitrogens is 2. The summed E-state index contributed by atoms with van der Waals surface area (Å²) >= 11 is 0. The summed E-state index contributed by atoms with van der Waals surface area (Å²) in [6, 6.07) is 16.8. The minimum Gasteiger partial charge on any atom is -0.480 e. The quantitative estimate of drug-likeness (QED) is 0.329. The Bertz CT molecular complexity index is 1210. The second kappa shape index (κ2) is 11.1. The van der Waals surface area contributed by atoms with Crippen LogP contribution >= 0.6 is 0 Å². The maximum atomic E-state index is 11.9. The molecule has 0 saturated heterocycles. The summed E-state index contributed by atoms with van der Waals surface area (Å²) in [6.07, 6.45) is 1.58. The van der Waals surface area contributed by atoms with Gasteiger partial charge in [-0.05, 0) is 42.5 Å². The molecule has 1 heterocycles. The average molecular weight is 460 g/mol. The normalized spacial score (nSPS) is 10.1. The van der Waals surface area contributed by atoms with E-state index in [1.165, 1.54) is 4.90 Å². The largest absolute Gasteiger partial charge is 0.480 e. The topological polar surface area (TPSA) is 169 Å². The van der Waals surface area contributed by atoms with Gasteiger partial charge in [0.05, 0.1) is 11.8 Å². The Morgan fingerprint density at radius 3 is 2.18 bits per heavy atom. The maximum Gasteiger partial charge on any atom is 0.323 e. The maximum absolute atomic E-state index is 11.9. The number of aliphatic carboxylic acids is 2. The van der Waals surface area contributed by atoms with Crippen LogP contribution in [0.5, 0.6) is 0 Å². The first kappa shape index (κ1) is 23.7. The van der Waals surface area contributed by atoms with E-state index in [-0.39, 0.29) is 12.5 Å². The summed E-state index contributed by atoms with van der Waals surface area (Å²) in [4.78, 5) is 43.9. The lowest BCUT2D eigenvalue weighted by atomic mass is 10.1. The summed E-state index contributed by atoms with van der Waals surface area (Å²) in [5, 5.41) is 32.1. The highest BCUT2D eigenvalue weighted by Gasteiger charge is 2.14. The molecule has 2 aromatic carbocycles. The molecular formula is C23H20N6O5. The van der Waals surface area contributed by atoms with Gasteiger partial charge in [0.2, 0.25) is 5.95 Å². The summed E-state index contributed by atoms with van der Waals surface area (Å²) in [5.41, 5.74) is 2.87. The van der Waals surface area contributed by atoms with Crippen LogP contribution in [0.25, 0.3) is 11.3 Å². The first-order chi connectivity index (χ1) is 16.4. The number of benzene rings is 2. The first-order valence-electron chi connectivity index (χ1n) is 10.00. The van der Waals surface area contributed by atoms with Gasteiger partial charge in [-0.15, -0.1) is 0 Å². The Hall–Kier alpha value is -4.98.